The molecule has 0 unspecified atom stereocenters. The predicted molar refractivity (Wildman–Crippen MR) is 90.7 cm³/mol. The minimum absolute atomic E-state index is 0.294. The van der Waals surface area contributed by atoms with Crippen LogP contribution in [0, 0.1) is 0 Å². The van der Waals surface area contributed by atoms with Gasteiger partial charge in [-0.15, -0.1) is 10.2 Å². The number of rotatable bonds is 4. The van der Waals surface area contributed by atoms with Gasteiger partial charge < -0.3 is 4.90 Å². The van der Waals surface area contributed by atoms with Gasteiger partial charge in [-0.2, -0.15) is 0 Å². The third-order valence-electron chi connectivity index (χ3n) is 4.58. The Morgan fingerprint density at radius 2 is 1.70 bits per heavy atom. The van der Waals surface area contributed by atoms with Crippen molar-refractivity contribution in [1.82, 2.24) is 10.2 Å². The topological polar surface area (TPSA) is 63.2 Å². The van der Waals surface area contributed by atoms with Crippen LogP contribution in [0.5, 0.6) is 0 Å². The van der Waals surface area contributed by atoms with Crippen LogP contribution in [0.1, 0.15) is 36.6 Å². The van der Waals surface area contributed by atoms with Crippen LogP contribution < -0.4 is 4.90 Å². The maximum atomic E-state index is 12.7. The fourth-order valence-corrected chi connectivity index (χ4v) is 5.83. The lowest BCUT2D eigenvalue weighted by Crippen LogP contribution is -2.39. The standard InChI is InChI=1S/C16H19N3O2S2/c20-23(21,13-4-2-1-3-5-13)14-8-10-19(11-9-14)16-18-17-15(22-16)12-6-7-12/h1-5,12,14H,6-11H2. The summed E-state index contributed by atoms with van der Waals surface area (Å²) in [6.07, 6.45) is 3.75. The lowest BCUT2D eigenvalue weighted by atomic mass is 10.1. The highest BCUT2D eigenvalue weighted by Crippen LogP contribution is 2.43. The summed E-state index contributed by atoms with van der Waals surface area (Å²) in [5.74, 6) is 0.622. The molecule has 0 radical (unpaired) electrons. The van der Waals surface area contributed by atoms with Crippen LogP contribution in [0.15, 0.2) is 35.2 Å². The molecule has 1 aromatic heterocycles. The third kappa shape index (κ3) is 2.99. The molecule has 1 aliphatic carbocycles. The molecule has 2 aromatic rings. The first-order valence-electron chi connectivity index (χ1n) is 8.02. The van der Waals surface area contributed by atoms with E-state index >= 15 is 0 Å². The summed E-state index contributed by atoms with van der Waals surface area (Å²) in [6, 6.07) is 8.78. The minimum atomic E-state index is -3.23. The Morgan fingerprint density at radius 3 is 2.35 bits per heavy atom. The van der Waals surface area contributed by atoms with Gasteiger partial charge in [0.25, 0.3) is 0 Å². The van der Waals surface area contributed by atoms with Gasteiger partial charge in [0.15, 0.2) is 9.84 Å². The molecule has 122 valence electrons. The number of aromatic nitrogens is 2. The first kappa shape index (κ1) is 15.1. The molecule has 1 aromatic carbocycles. The average Bonchev–Trinajstić information content (AvgIpc) is 3.33. The first-order valence-corrected chi connectivity index (χ1v) is 10.4. The molecule has 1 saturated carbocycles. The van der Waals surface area contributed by atoms with Crippen molar-refractivity contribution in [2.75, 3.05) is 18.0 Å². The Bertz CT molecular complexity index is 777. The van der Waals surface area contributed by atoms with E-state index in [0.29, 0.717) is 23.7 Å². The number of sulfone groups is 1. The molecule has 2 heterocycles. The Morgan fingerprint density at radius 1 is 1.00 bits per heavy atom. The highest BCUT2D eigenvalue weighted by Gasteiger charge is 2.33. The smallest absolute Gasteiger partial charge is 0.208 e. The van der Waals surface area contributed by atoms with E-state index in [9.17, 15) is 8.42 Å². The lowest BCUT2D eigenvalue weighted by Gasteiger charge is -2.31. The first-order chi connectivity index (χ1) is 11.1. The monoisotopic (exact) mass is 349 g/mol. The van der Waals surface area contributed by atoms with E-state index in [1.54, 1.807) is 35.6 Å². The van der Waals surface area contributed by atoms with Crippen molar-refractivity contribution >= 4 is 26.3 Å². The van der Waals surface area contributed by atoms with Crippen LogP contribution in [-0.4, -0.2) is 37.0 Å². The van der Waals surface area contributed by atoms with Crippen molar-refractivity contribution < 1.29 is 8.42 Å². The zero-order valence-electron chi connectivity index (χ0n) is 12.8. The van der Waals surface area contributed by atoms with Gasteiger partial charge >= 0.3 is 0 Å². The Hall–Kier alpha value is -1.47. The molecule has 0 amide bonds. The van der Waals surface area contributed by atoms with Crippen molar-refractivity contribution in [1.29, 1.82) is 0 Å². The molecule has 2 fully saturated rings. The van der Waals surface area contributed by atoms with Gasteiger partial charge in [0.1, 0.15) is 5.01 Å². The van der Waals surface area contributed by atoms with E-state index in [1.165, 1.54) is 12.8 Å². The van der Waals surface area contributed by atoms with Crippen LogP contribution in [0.4, 0.5) is 5.13 Å². The van der Waals surface area contributed by atoms with Gasteiger partial charge in [-0.05, 0) is 37.8 Å². The lowest BCUT2D eigenvalue weighted by molar-refractivity contribution is 0.529. The molecule has 1 saturated heterocycles. The molecule has 7 heteroatoms. The third-order valence-corrected chi connectivity index (χ3v) is 8.00. The highest BCUT2D eigenvalue weighted by atomic mass is 32.2. The van der Waals surface area contributed by atoms with E-state index in [1.807, 2.05) is 6.07 Å². The van der Waals surface area contributed by atoms with E-state index in [-0.39, 0.29) is 5.25 Å². The van der Waals surface area contributed by atoms with Crippen molar-refractivity contribution in [3.63, 3.8) is 0 Å². The largest absolute Gasteiger partial charge is 0.347 e. The molecule has 0 N–H and O–H groups in total. The number of piperidine rings is 1. The summed E-state index contributed by atoms with van der Waals surface area (Å²) in [4.78, 5) is 2.62. The SMILES string of the molecule is O=S(=O)(c1ccccc1)C1CCN(c2nnc(C3CC3)s2)CC1. The van der Waals surface area contributed by atoms with Crippen LogP contribution >= 0.6 is 11.3 Å². The van der Waals surface area contributed by atoms with Crippen LogP contribution in [0.2, 0.25) is 0 Å². The predicted octanol–water partition coefficient (Wildman–Crippen LogP) is 2.86. The molecular formula is C16H19N3O2S2. The van der Waals surface area contributed by atoms with Gasteiger partial charge in [-0.25, -0.2) is 8.42 Å². The number of nitrogens with zero attached hydrogens (tertiary/aromatic N) is 3. The van der Waals surface area contributed by atoms with E-state index in [4.69, 9.17) is 0 Å². The molecule has 23 heavy (non-hydrogen) atoms. The van der Waals surface area contributed by atoms with Gasteiger partial charge in [-0.3, -0.25) is 0 Å². The molecule has 0 bridgehead atoms. The summed E-state index contributed by atoms with van der Waals surface area (Å²) >= 11 is 1.67. The maximum Gasteiger partial charge on any atom is 0.208 e. The molecule has 2 aliphatic rings. The summed E-state index contributed by atoms with van der Waals surface area (Å²) in [7, 11) is -3.23. The van der Waals surface area contributed by atoms with Gasteiger partial charge in [-0.1, -0.05) is 29.5 Å². The number of hydrogen-bond donors (Lipinski definition) is 0. The van der Waals surface area contributed by atoms with E-state index in [2.05, 4.69) is 15.1 Å². The van der Waals surface area contributed by atoms with Gasteiger partial charge in [0.2, 0.25) is 5.13 Å². The van der Waals surface area contributed by atoms with E-state index < -0.39 is 9.84 Å². The highest BCUT2D eigenvalue weighted by molar-refractivity contribution is 7.92. The fourth-order valence-electron chi connectivity index (χ4n) is 3.01. The second-order valence-corrected chi connectivity index (χ2v) is 9.46. The van der Waals surface area contributed by atoms with Crippen LogP contribution in [-0.2, 0) is 9.84 Å². The molecule has 0 atom stereocenters. The summed E-state index contributed by atoms with van der Waals surface area (Å²) in [5, 5.41) is 10.4. The zero-order valence-corrected chi connectivity index (χ0v) is 14.4. The molecule has 0 spiro atoms. The molecule has 1 aliphatic heterocycles. The van der Waals surface area contributed by atoms with Crippen molar-refractivity contribution in [3.8, 4) is 0 Å². The quantitative estimate of drug-likeness (QED) is 0.849. The Labute approximate surface area is 140 Å². The fraction of sp³-hybridized carbons (Fsp3) is 0.500. The van der Waals surface area contributed by atoms with Gasteiger partial charge in [0, 0.05) is 19.0 Å². The Kier molecular flexibility index (Phi) is 3.85. The molecule has 4 rings (SSSR count). The average molecular weight is 349 g/mol. The zero-order chi connectivity index (χ0) is 15.9. The van der Waals surface area contributed by atoms with Crippen molar-refractivity contribution in [2.45, 2.75) is 41.7 Å². The summed E-state index contributed by atoms with van der Waals surface area (Å²) < 4.78 is 25.4. The van der Waals surface area contributed by atoms with E-state index in [0.717, 1.165) is 23.2 Å². The number of benzene rings is 1. The normalized spacial score (nSPS) is 19.9. The minimum Gasteiger partial charge on any atom is -0.347 e. The summed E-state index contributed by atoms with van der Waals surface area (Å²) in [5.41, 5.74) is 0. The second-order valence-electron chi connectivity index (χ2n) is 6.24. The van der Waals surface area contributed by atoms with Crippen molar-refractivity contribution in [3.05, 3.63) is 35.3 Å². The van der Waals surface area contributed by atoms with Crippen molar-refractivity contribution in [2.24, 2.45) is 0 Å². The molecule has 5 nitrogen and oxygen atoms in total. The van der Waals surface area contributed by atoms with Gasteiger partial charge in [0.05, 0.1) is 10.1 Å². The Balaban J connectivity index is 1.44. The second kappa shape index (κ2) is 5.87. The number of hydrogen-bond acceptors (Lipinski definition) is 6. The summed E-state index contributed by atoms with van der Waals surface area (Å²) in [6.45, 7) is 1.46. The number of anilines is 1. The molecular weight excluding hydrogens is 330 g/mol. The maximum absolute atomic E-state index is 12.7. The van der Waals surface area contributed by atoms with Crippen LogP contribution in [0.25, 0.3) is 0 Å². The van der Waals surface area contributed by atoms with Crippen LogP contribution in [0.3, 0.4) is 0 Å².